The Bertz CT molecular complexity index is 1440. The molecule has 0 radical (unpaired) electrons. The Morgan fingerprint density at radius 1 is 1.11 bits per heavy atom. The second-order valence-electron chi connectivity index (χ2n) is 9.19. The van der Waals surface area contributed by atoms with Gasteiger partial charge in [-0.15, -0.1) is 0 Å². The van der Waals surface area contributed by atoms with E-state index in [1.165, 1.54) is 7.11 Å². The number of methoxy groups -OCH3 is 1. The highest BCUT2D eigenvalue weighted by molar-refractivity contribution is 6.30. The summed E-state index contributed by atoms with van der Waals surface area (Å²) in [6, 6.07) is 20.3. The van der Waals surface area contributed by atoms with Gasteiger partial charge in [-0.05, 0) is 54.4 Å². The predicted molar refractivity (Wildman–Crippen MR) is 139 cm³/mol. The van der Waals surface area contributed by atoms with E-state index < -0.39 is 29.3 Å². The van der Waals surface area contributed by atoms with Gasteiger partial charge in [0.05, 0.1) is 19.2 Å². The molecule has 2 aliphatic heterocycles. The summed E-state index contributed by atoms with van der Waals surface area (Å²) in [6.45, 7) is 1.99. The average Bonchev–Trinajstić information content (AvgIpc) is 3.20. The molecule has 3 aromatic carbocycles. The first-order valence-corrected chi connectivity index (χ1v) is 11.9. The summed E-state index contributed by atoms with van der Waals surface area (Å²) in [5.41, 5.74) is 8.10. The number of Topliss-reactive ketones (excluding diaryl/α,β-unsaturated/α-hetero) is 1. The Hall–Kier alpha value is -4.08. The molecule has 1 amide bonds. The molecule has 5 rings (SSSR count). The van der Waals surface area contributed by atoms with Crippen molar-refractivity contribution in [1.29, 1.82) is 5.26 Å². The SMILES string of the molecule is COc1cccc(C(=O)[C@@H]2[C@H](c3ccc(Cl)cc3)[C@@](C#N)(C(N)=O)[C@@H]3C=Cc4cc(C)ccc4N23)c1. The maximum atomic E-state index is 14.3. The molecule has 0 unspecified atom stereocenters. The molecule has 6 nitrogen and oxygen atoms in total. The van der Waals surface area contributed by atoms with E-state index in [4.69, 9.17) is 22.1 Å². The smallest absolute Gasteiger partial charge is 0.241 e. The number of carbonyl (C=O) groups excluding carboxylic acids is 2. The van der Waals surface area contributed by atoms with Gasteiger partial charge in [0.25, 0.3) is 0 Å². The van der Waals surface area contributed by atoms with Gasteiger partial charge in [-0.1, -0.05) is 59.6 Å². The van der Waals surface area contributed by atoms with Crippen LogP contribution in [-0.4, -0.2) is 30.9 Å². The summed E-state index contributed by atoms with van der Waals surface area (Å²) in [6.07, 6.45) is 3.72. The molecule has 0 bridgehead atoms. The Kier molecular flexibility index (Phi) is 5.82. The molecule has 0 spiro atoms. The molecule has 1 saturated heterocycles. The number of hydrogen-bond donors (Lipinski definition) is 1. The fourth-order valence-electron chi connectivity index (χ4n) is 5.60. The maximum absolute atomic E-state index is 14.3. The van der Waals surface area contributed by atoms with Gasteiger partial charge < -0.3 is 15.4 Å². The summed E-state index contributed by atoms with van der Waals surface area (Å²) in [7, 11) is 1.54. The lowest BCUT2D eigenvalue weighted by molar-refractivity contribution is -0.125. The van der Waals surface area contributed by atoms with Gasteiger partial charge in [0.1, 0.15) is 11.8 Å². The minimum Gasteiger partial charge on any atom is -0.497 e. The summed E-state index contributed by atoms with van der Waals surface area (Å²) in [5, 5.41) is 11.1. The number of ether oxygens (including phenoxy) is 1. The number of carbonyl (C=O) groups is 2. The third kappa shape index (κ3) is 3.47. The average molecular weight is 498 g/mol. The van der Waals surface area contributed by atoms with Crippen molar-refractivity contribution in [2.75, 3.05) is 12.0 Å². The van der Waals surface area contributed by atoms with Gasteiger partial charge in [0.15, 0.2) is 11.2 Å². The minimum atomic E-state index is -1.70. The van der Waals surface area contributed by atoms with Crippen LogP contribution in [0.25, 0.3) is 6.08 Å². The van der Waals surface area contributed by atoms with E-state index >= 15 is 0 Å². The fraction of sp³-hybridized carbons (Fsp3) is 0.207. The van der Waals surface area contributed by atoms with E-state index in [2.05, 4.69) is 6.07 Å². The van der Waals surface area contributed by atoms with Crippen LogP contribution in [0.15, 0.2) is 72.8 Å². The first kappa shape index (κ1) is 23.7. The van der Waals surface area contributed by atoms with E-state index in [-0.39, 0.29) is 5.78 Å². The van der Waals surface area contributed by atoms with E-state index in [1.54, 1.807) is 48.5 Å². The summed E-state index contributed by atoms with van der Waals surface area (Å²) < 4.78 is 5.35. The number of benzene rings is 3. The minimum absolute atomic E-state index is 0.237. The Labute approximate surface area is 214 Å². The van der Waals surface area contributed by atoms with Crippen LogP contribution in [0.3, 0.4) is 0 Å². The summed E-state index contributed by atoms with van der Waals surface area (Å²) in [5.74, 6) is -1.33. The molecular formula is C29H24ClN3O3. The summed E-state index contributed by atoms with van der Waals surface area (Å²) in [4.78, 5) is 29.4. The fourth-order valence-corrected chi connectivity index (χ4v) is 5.72. The van der Waals surface area contributed by atoms with Crippen molar-refractivity contribution in [2.45, 2.75) is 24.9 Å². The molecule has 4 atom stereocenters. The molecule has 2 N–H and O–H groups in total. The van der Waals surface area contributed by atoms with Gasteiger partial charge in [-0.25, -0.2) is 0 Å². The molecule has 1 fully saturated rings. The molecule has 36 heavy (non-hydrogen) atoms. The zero-order valence-electron chi connectivity index (χ0n) is 19.8. The number of fused-ring (bicyclic) bond motifs is 3. The van der Waals surface area contributed by atoms with Crippen molar-refractivity contribution in [3.63, 3.8) is 0 Å². The van der Waals surface area contributed by atoms with Crippen LogP contribution in [0.2, 0.25) is 5.02 Å². The summed E-state index contributed by atoms with van der Waals surface area (Å²) >= 11 is 6.16. The van der Waals surface area contributed by atoms with Gasteiger partial charge in [0.2, 0.25) is 5.91 Å². The van der Waals surface area contributed by atoms with E-state index in [9.17, 15) is 14.9 Å². The van der Waals surface area contributed by atoms with Crippen LogP contribution in [-0.2, 0) is 4.79 Å². The predicted octanol–water partition coefficient (Wildman–Crippen LogP) is 4.90. The quantitative estimate of drug-likeness (QED) is 0.505. The van der Waals surface area contributed by atoms with Crippen molar-refractivity contribution >= 4 is 35.1 Å². The highest BCUT2D eigenvalue weighted by Crippen LogP contribution is 2.56. The topological polar surface area (TPSA) is 96.4 Å². The molecule has 7 heteroatoms. The van der Waals surface area contributed by atoms with Crippen LogP contribution in [0.1, 0.15) is 33.0 Å². The van der Waals surface area contributed by atoms with Crippen molar-refractivity contribution in [1.82, 2.24) is 0 Å². The zero-order chi connectivity index (χ0) is 25.6. The van der Waals surface area contributed by atoms with E-state index in [0.717, 1.165) is 16.8 Å². The van der Waals surface area contributed by atoms with Gasteiger partial charge in [0, 0.05) is 22.2 Å². The van der Waals surface area contributed by atoms with Gasteiger partial charge in [-0.2, -0.15) is 5.26 Å². The second kappa shape index (κ2) is 8.85. The van der Waals surface area contributed by atoms with Crippen LogP contribution >= 0.6 is 11.6 Å². The number of ketones is 1. The lowest BCUT2D eigenvalue weighted by Crippen LogP contribution is -2.49. The van der Waals surface area contributed by atoms with E-state index in [0.29, 0.717) is 21.9 Å². The number of nitrogens with zero attached hydrogens (tertiary/aromatic N) is 2. The lowest BCUT2D eigenvalue weighted by Gasteiger charge is -2.36. The normalized spacial score (nSPS) is 23.9. The second-order valence-corrected chi connectivity index (χ2v) is 9.63. The molecule has 0 aromatic heterocycles. The van der Waals surface area contributed by atoms with Gasteiger partial charge in [-0.3, -0.25) is 9.59 Å². The number of hydrogen-bond acceptors (Lipinski definition) is 5. The van der Waals surface area contributed by atoms with Crippen LogP contribution in [0.4, 0.5) is 5.69 Å². The zero-order valence-corrected chi connectivity index (χ0v) is 20.6. The van der Waals surface area contributed by atoms with Crippen molar-refractivity contribution < 1.29 is 14.3 Å². The number of nitrogens with two attached hydrogens (primary N) is 1. The van der Waals surface area contributed by atoms with Crippen LogP contribution in [0, 0.1) is 23.7 Å². The number of nitriles is 1. The number of amides is 1. The number of aryl methyl sites for hydroxylation is 1. The van der Waals surface area contributed by atoms with Crippen LogP contribution < -0.4 is 15.4 Å². The molecule has 2 aliphatic rings. The molecular weight excluding hydrogens is 474 g/mol. The van der Waals surface area contributed by atoms with Gasteiger partial charge >= 0.3 is 0 Å². The van der Waals surface area contributed by atoms with Crippen LogP contribution in [0.5, 0.6) is 5.75 Å². The molecule has 2 heterocycles. The Morgan fingerprint density at radius 3 is 2.53 bits per heavy atom. The van der Waals surface area contributed by atoms with Crippen molar-refractivity contribution in [3.05, 3.63) is 100 Å². The van der Waals surface area contributed by atoms with Crippen molar-refractivity contribution in [2.24, 2.45) is 11.1 Å². The third-order valence-electron chi connectivity index (χ3n) is 7.24. The Balaban J connectivity index is 1.80. The molecule has 0 saturated carbocycles. The largest absolute Gasteiger partial charge is 0.497 e. The lowest BCUT2D eigenvalue weighted by atomic mass is 9.67. The standard InChI is InChI=1S/C29H24ClN3O3/c1-17-6-12-23-19(14-17)9-13-24-29(16-31,28(32)35)25(18-7-10-21(30)11-8-18)26(33(23)24)27(34)20-4-3-5-22(15-20)36-2/h3-15,24-26H,1-2H3,(H2,32,35)/t24-,25-,26-,29-/m0/s1. The molecule has 3 aromatic rings. The number of rotatable bonds is 5. The monoisotopic (exact) mass is 497 g/mol. The highest BCUT2D eigenvalue weighted by Gasteiger charge is 2.65. The van der Waals surface area contributed by atoms with E-state index in [1.807, 2.05) is 42.2 Å². The first-order valence-electron chi connectivity index (χ1n) is 11.5. The first-order chi connectivity index (χ1) is 17.3. The maximum Gasteiger partial charge on any atom is 0.241 e. The number of anilines is 1. The highest BCUT2D eigenvalue weighted by atomic mass is 35.5. The van der Waals surface area contributed by atoms with Crippen molar-refractivity contribution in [3.8, 4) is 11.8 Å². The molecule has 0 aliphatic carbocycles. The number of primary amides is 1. The third-order valence-corrected chi connectivity index (χ3v) is 7.49. The number of halogens is 1. The molecule has 180 valence electrons. The Morgan fingerprint density at radius 2 is 1.86 bits per heavy atom.